The number of fused-ring (bicyclic) bond motifs is 1. The first-order valence-corrected chi connectivity index (χ1v) is 10.00. The van der Waals surface area contributed by atoms with E-state index in [-0.39, 0.29) is 22.8 Å². The Morgan fingerprint density at radius 3 is 2.50 bits per heavy atom. The molecule has 1 saturated carbocycles. The predicted molar refractivity (Wildman–Crippen MR) is 113 cm³/mol. The molecule has 0 aliphatic heterocycles. The van der Waals surface area contributed by atoms with E-state index in [2.05, 4.69) is 16.2 Å². The van der Waals surface area contributed by atoms with E-state index >= 15 is 0 Å². The number of carbonyl (C=O) groups excluding carboxylic acids is 2. The summed E-state index contributed by atoms with van der Waals surface area (Å²) >= 11 is 5.09. The van der Waals surface area contributed by atoms with Crippen LogP contribution in [0.5, 0.6) is 5.75 Å². The second kappa shape index (κ2) is 9.50. The zero-order valence-electron chi connectivity index (χ0n) is 15.9. The molecular weight excluding hydrogens is 374 g/mol. The van der Waals surface area contributed by atoms with Crippen molar-refractivity contribution in [1.29, 1.82) is 0 Å². The number of rotatable bonds is 4. The lowest BCUT2D eigenvalue weighted by atomic mass is 9.89. The molecule has 0 bridgehead atoms. The highest BCUT2D eigenvalue weighted by molar-refractivity contribution is 7.80. The van der Waals surface area contributed by atoms with E-state index in [1.54, 1.807) is 6.92 Å². The summed E-state index contributed by atoms with van der Waals surface area (Å²) in [6.07, 6.45) is 4.36. The van der Waals surface area contributed by atoms with Crippen molar-refractivity contribution in [2.24, 2.45) is 5.92 Å². The van der Waals surface area contributed by atoms with Crippen LogP contribution in [-0.4, -0.2) is 23.0 Å². The SMILES string of the molecule is CC(Oc1ccc2ccccc2c1)C(=O)NNC(=S)NC(=O)C1CCCCC1. The molecule has 0 heterocycles. The Bertz CT molecular complexity index is 865. The van der Waals surface area contributed by atoms with Crippen LogP contribution < -0.4 is 20.9 Å². The Morgan fingerprint density at radius 2 is 1.75 bits per heavy atom. The molecule has 1 unspecified atom stereocenters. The van der Waals surface area contributed by atoms with E-state index in [0.717, 1.165) is 36.5 Å². The highest BCUT2D eigenvalue weighted by atomic mass is 32.1. The smallest absolute Gasteiger partial charge is 0.279 e. The molecule has 0 saturated heterocycles. The van der Waals surface area contributed by atoms with Crippen molar-refractivity contribution in [3.8, 4) is 5.75 Å². The second-order valence-corrected chi connectivity index (χ2v) is 7.44. The fraction of sp³-hybridized carbons (Fsp3) is 0.381. The third kappa shape index (κ3) is 5.42. The van der Waals surface area contributed by atoms with E-state index in [4.69, 9.17) is 17.0 Å². The maximum atomic E-state index is 12.2. The summed E-state index contributed by atoms with van der Waals surface area (Å²) in [5.74, 6) is 0.128. The number of hydrogen-bond acceptors (Lipinski definition) is 4. The van der Waals surface area contributed by atoms with Gasteiger partial charge in [-0.25, -0.2) is 0 Å². The minimum absolute atomic E-state index is 0.000591. The van der Waals surface area contributed by atoms with Crippen molar-refractivity contribution in [3.05, 3.63) is 42.5 Å². The van der Waals surface area contributed by atoms with Crippen molar-refractivity contribution in [3.63, 3.8) is 0 Å². The van der Waals surface area contributed by atoms with Gasteiger partial charge < -0.3 is 10.1 Å². The lowest BCUT2D eigenvalue weighted by Gasteiger charge is -2.21. The van der Waals surface area contributed by atoms with E-state index in [1.165, 1.54) is 6.42 Å². The molecule has 1 atom stereocenters. The summed E-state index contributed by atoms with van der Waals surface area (Å²) < 4.78 is 5.71. The zero-order chi connectivity index (χ0) is 19.9. The number of thiocarbonyl (C=S) groups is 1. The van der Waals surface area contributed by atoms with Crippen LogP contribution in [0.15, 0.2) is 42.5 Å². The maximum absolute atomic E-state index is 12.2. The number of ether oxygens (including phenoxy) is 1. The number of benzene rings is 2. The fourth-order valence-corrected chi connectivity index (χ4v) is 3.48. The van der Waals surface area contributed by atoms with Gasteiger partial charge in [-0.3, -0.25) is 20.4 Å². The molecule has 6 nitrogen and oxygen atoms in total. The highest BCUT2D eigenvalue weighted by Crippen LogP contribution is 2.23. The average molecular weight is 400 g/mol. The molecule has 2 amide bonds. The number of nitrogens with one attached hydrogen (secondary N) is 3. The first-order valence-electron chi connectivity index (χ1n) is 9.59. The van der Waals surface area contributed by atoms with Crippen LogP contribution in [0.1, 0.15) is 39.0 Å². The topological polar surface area (TPSA) is 79.5 Å². The van der Waals surface area contributed by atoms with Gasteiger partial charge in [0.05, 0.1) is 0 Å². The largest absolute Gasteiger partial charge is 0.481 e. The summed E-state index contributed by atoms with van der Waals surface area (Å²) in [7, 11) is 0. The third-order valence-electron chi connectivity index (χ3n) is 4.91. The highest BCUT2D eigenvalue weighted by Gasteiger charge is 2.22. The molecule has 7 heteroatoms. The molecule has 0 aromatic heterocycles. The average Bonchev–Trinajstić information content (AvgIpc) is 2.72. The molecule has 0 spiro atoms. The molecule has 1 aliphatic rings. The van der Waals surface area contributed by atoms with Crippen LogP contribution >= 0.6 is 12.2 Å². The van der Waals surface area contributed by atoms with Crippen molar-refractivity contribution in [2.45, 2.75) is 45.1 Å². The van der Waals surface area contributed by atoms with Gasteiger partial charge in [-0.15, -0.1) is 0 Å². The molecular formula is C21H25N3O3S. The first kappa shape index (κ1) is 20.1. The Balaban J connectivity index is 1.45. The van der Waals surface area contributed by atoms with Crippen molar-refractivity contribution < 1.29 is 14.3 Å². The van der Waals surface area contributed by atoms with Crippen molar-refractivity contribution in [2.75, 3.05) is 0 Å². The van der Waals surface area contributed by atoms with Gasteiger partial charge in [0.15, 0.2) is 11.2 Å². The first-order chi connectivity index (χ1) is 13.5. The molecule has 1 fully saturated rings. The lowest BCUT2D eigenvalue weighted by Crippen LogP contribution is -2.52. The zero-order valence-corrected chi connectivity index (χ0v) is 16.7. The summed E-state index contributed by atoms with van der Waals surface area (Å²) in [4.78, 5) is 24.4. The Kier molecular flexibility index (Phi) is 6.81. The lowest BCUT2D eigenvalue weighted by molar-refractivity contribution is -0.128. The van der Waals surface area contributed by atoms with Gasteiger partial charge in [-0.1, -0.05) is 49.6 Å². The standard InChI is InChI=1S/C21H25N3O3S/c1-14(27-18-12-11-15-7-5-6-10-17(15)13-18)19(25)23-24-21(28)22-20(26)16-8-3-2-4-9-16/h5-7,10-14,16H,2-4,8-9H2,1H3,(H,23,25)(H2,22,24,26,28). The summed E-state index contributed by atoms with van der Waals surface area (Å²) in [6.45, 7) is 1.65. The molecule has 3 N–H and O–H groups in total. The summed E-state index contributed by atoms with van der Waals surface area (Å²) in [6, 6.07) is 13.6. The molecule has 1 aliphatic carbocycles. The van der Waals surface area contributed by atoms with E-state index < -0.39 is 6.10 Å². The Morgan fingerprint density at radius 1 is 1.04 bits per heavy atom. The minimum Gasteiger partial charge on any atom is -0.481 e. The van der Waals surface area contributed by atoms with E-state index in [0.29, 0.717) is 5.75 Å². The maximum Gasteiger partial charge on any atom is 0.279 e. The number of hydrogen-bond donors (Lipinski definition) is 3. The summed E-state index contributed by atoms with van der Waals surface area (Å²) in [5.41, 5.74) is 5.05. The number of hydrazine groups is 1. The number of carbonyl (C=O) groups is 2. The fourth-order valence-electron chi connectivity index (χ4n) is 3.33. The normalized spacial score (nSPS) is 15.5. The van der Waals surface area contributed by atoms with Gasteiger partial charge in [0.2, 0.25) is 5.91 Å². The van der Waals surface area contributed by atoms with Gasteiger partial charge in [0, 0.05) is 5.92 Å². The molecule has 2 aromatic carbocycles. The van der Waals surface area contributed by atoms with Gasteiger partial charge in [0.25, 0.3) is 5.91 Å². The Labute approximate surface area is 170 Å². The van der Waals surface area contributed by atoms with Crippen LogP contribution in [0.25, 0.3) is 10.8 Å². The number of amides is 2. The van der Waals surface area contributed by atoms with Crippen LogP contribution in [0.4, 0.5) is 0 Å². The van der Waals surface area contributed by atoms with Gasteiger partial charge in [-0.2, -0.15) is 0 Å². The molecule has 148 valence electrons. The molecule has 3 rings (SSSR count). The predicted octanol–water partition coefficient (Wildman–Crippen LogP) is 3.21. The third-order valence-corrected chi connectivity index (χ3v) is 5.12. The minimum atomic E-state index is -0.731. The second-order valence-electron chi connectivity index (χ2n) is 7.04. The van der Waals surface area contributed by atoms with Gasteiger partial charge >= 0.3 is 0 Å². The Hall–Kier alpha value is -2.67. The molecule has 0 radical (unpaired) electrons. The van der Waals surface area contributed by atoms with Crippen LogP contribution in [0, 0.1) is 5.92 Å². The van der Waals surface area contributed by atoms with Gasteiger partial charge in [-0.05, 0) is 54.9 Å². The summed E-state index contributed by atoms with van der Waals surface area (Å²) in [5, 5.41) is 4.87. The van der Waals surface area contributed by atoms with Gasteiger partial charge in [0.1, 0.15) is 5.75 Å². The van der Waals surface area contributed by atoms with E-state index in [9.17, 15) is 9.59 Å². The van der Waals surface area contributed by atoms with Crippen LogP contribution in [0.2, 0.25) is 0 Å². The van der Waals surface area contributed by atoms with Crippen LogP contribution in [0.3, 0.4) is 0 Å². The monoisotopic (exact) mass is 399 g/mol. The quantitative estimate of drug-likeness (QED) is 0.543. The van der Waals surface area contributed by atoms with E-state index in [1.807, 2.05) is 42.5 Å². The van der Waals surface area contributed by atoms with Crippen molar-refractivity contribution >= 4 is 39.9 Å². The molecule has 28 heavy (non-hydrogen) atoms. The van der Waals surface area contributed by atoms with Crippen LogP contribution in [-0.2, 0) is 9.59 Å². The van der Waals surface area contributed by atoms with Crippen molar-refractivity contribution in [1.82, 2.24) is 16.2 Å². The molecule has 2 aromatic rings.